The number of hydrogen-bond acceptors (Lipinski definition) is 8. The summed E-state index contributed by atoms with van der Waals surface area (Å²) in [7, 11) is -3.14. The molecule has 1 aromatic carbocycles. The van der Waals surface area contributed by atoms with Crippen LogP contribution in [0, 0.1) is 5.92 Å². The van der Waals surface area contributed by atoms with Gasteiger partial charge in [-0.25, -0.2) is 18.4 Å². The van der Waals surface area contributed by atoms with Crippen LogP contribution in [0.15, 0.2) is 42.7 Å². The minimum atomic E-state index is -3.14. The van der Waals surface area contributed by atoms with Gasteiger partial charge in [-0.2, -0.15) is 4.31 Å². The first kappa shape index (κ1) is 22.0. The lowest BCUT2D eigenvalue weighted by Crippen LogP contribution is -2.48. The van der Waals surface area contributed by atoms with E-state index in [4.69, 9.17) is 4.98 Å². The summed E-state index contributed by atoms with van der Waals surface area (Å²) in [5, 5.41) is 9.55. The van der Waals surface area contributed by atoms with E-state index in [0.29, 0.717) is 26.2 Å². The maximum Gasteiger partial charge on any atom is 0.211 e. The molecular weight excluding hydrogens is 440 g/mol. The fourth-order valence-corrected chi connectivity index (χ4v) is 5.45. The van der Waals surface area contributed by atoms with E-state index in [1.807, 2.05) is 18.2 Å². The summed E-state index contributed by atoms with van der Waals surface area (Å²) in [6.45, 7) is 4.12. The van der Waals surface area contributed by atoms with Crippen LogP contribution in [0.25, 0.3) is 22.3 Å². The Labute approximate surface area is 193 Å². The largest absolute Gasteiger partial charge is 0.396 e. The highest BCUT2D eigenvalue weighted by Crippen LogP contribution is 2.31. The molecule has 0 aliphatic carbocycles. The van der Waals surface area contributed by atoms with Crippen LogP contribution in [0.4, 0.5) is 11.5 Å². The van der Waals surface area contributed by atoms with Crippen molar-refractivity contribution < 1.29 is 13.5 Å². The molecule has 0 amide bonds. The number of fused-ring (bicyclic) bond motifs is 1. The van der Waals surface area contributed by atoms with Gasteiger partial charge in [-0.05, 0) is 24.6 Å². The third kappa shape index (κ3) is 4.50. The second-order valence-corrected chi connectivity index (χ2v) is 10.7. The molecule has 9 nitrogen and oxygen atoms in total. The van der Waals surface area contributed by atoms with Crippen LogP contribution >= 0.6 is 0 Å². The standard InChI is InChI=1S/C23H28N6O3S/c1-33(31,32)29-12-10-27(11-13-29)19-4-2-18(3-5-19)20-14-21-22(25-8-7-24-21)23(26-20)28-9-6-17(15-28)16-30/h2-5,7-8,14,17,30H,6,9-13,15-16H2,1H3. The Hall–Kier alpha value is -2.82. The van der Waals surface area contributed by atoms with Gasteiger partial charge in [0.1, 0.15) is 5.52 Å². The molecule has 1 N–H and O–H groups in total. The van der Waals surface area contributed by atoms with Crippen molar-refractivity contribution in [3.63, 3.8) is 0 Å². The van der Waals surface area contributed by atoms with Crippen molar-refractivity contribution in [2.75, 3.05) is 61.9 Å². The Morgan fingerprint density at radius 3 is 2.39 bits per heavy atom. The second-order valence-electron chi connectivity index (χ2n) is 8.73. The predicted octanol–water partition coefficient (Wildman–Crippen LogP) is 1.59. The highest BCUT2D eigenvalue weighted by Gasteiger charge is 2.26. The van der Waals surface area contributed by atoms with Gasteiger partial charge in [-0.3, -0.25) is 4.98 Å². The van der Waals surface area contributed by atoms with Gasteiger partial charge in [0.15, 0.2) is 5.82 Å². The Morgan fingerprint density at radius 2 is 1.73 bits per heavy atom. The lowest BCUT2D eigenvalue weighted by atomic mass is 10.1. The molecule has 1 unspecified atom stereocenters. The van der Waals surface area contributed by atoms with E-state index >= 15 is 0 Å². The summed E-state index contributed by atoms with van der Waals surface area (Å²) < 4.78 is 25.0. The number of aromatic nitrogens is 3. The normalized spacial score (nSPS) is 20.0. The molecule has 0 spiro atoms. The molecule has 1 atom stereocenters. The fourth-order valence-electron chi connectivity index (χ4n) is 4.62. The van der Waals surface area contributed by atoms with Crippen LogP contribution < -0.4 is 9.80 Å². The van der Waals surface area contributed by atoms with Crippen molar-refractivity contribution in [3.05, 3.63) is 42.7 Å². The van der Waals surface area contributed by atoms with Crippen LogP contribution in [-0.2, 0) is 10.0 Å². The quantitative estimate of drug-likeness (QED) is 0.602. The van der Waals surface area contributed by atoms with Crippen molar-refractivity contribution in [3.8, 4) is 11.3 Å². The van der Waals surface area contributed by atoms with E-state index in [1.165, 1.54) is 10.6 Å². The van der Waals surface area contributed by atoms with E-state index in [-0.39, 0.29) is 12.5 Å². The summed E-state index contributed by atoms with van der Waals surface area (Å²) in [6.07, 6.45) is 5.57. The van der Waals surface area contributed by atoms with Crippen LogP contribution in [0.1, 0.15) is 6.42 Å². The summed E-state index contributed by atoms with van der Waals surface area (Å²) >= 11 is 0. The van der Waals surface area contributed by atoms with E-state index in [1.54, 1.807) is 12.4 Å². The lowest BCUT2D eigenvalue weighted by Gasteiger charge is -2.34. The highest BCUT2D eigenvalue weighted by atomic mass is 32.2. The molecule has 2 aliphatic rings. The minimum absolute atomic E-state index is 0.180. The van der Waals surface area contributed by atoms with Crippen LogP contribution in [0.2, 0.25) is 0 Å². The summed E-state index contributed by atoms with van der Waals surface area (Å²) in [5.41, 5.74) is 4.46. The lowest BCUT2D eigenvalue weighted by molar-refractivity contribution is 0.238. The molecule has 4 heterocycles. The number of aliphatic hydroxyl groups is 1. The van der Waals surface area contributed by atoms with Crippen molar-refractivity contribution >= 4 is 32.6 Å². The molecule has 2 saturated heterocycles. The van der Waals surface area contributed by atoms with Crippen molar-refractivity contribution in [1.29, 1.82) is 0 Å². The van der Waals surface area contributed by atoms with Gasteiger partial charge in [0.2, 0.25) is 10.0 Å². The van der Waals surface area contributed by atoms with E-state index in [9.17, 15) is 13.5 Å². The number of rotatable bonds is 5. The van der Waals surface area contributed by atoms with Gasteiger partial charge in [0.05, 0.1) is 17.5 Å². The van der Waals surface area contributed by atoms with Crippen molar-refractivity contribution in [2.24, 2.45) is 5.92 Å². The van der Waals surface area contributed by atoms with Crippen LogP contribution in [0.3, 0.4) is 0 Å². The summed E-state index contributed by atoms with van der Waals surface area (Å²) in [4.78, 5) is 18.4. The Bertz CT molecular complexity index is 1240. The SMILES string of the molecule is CS(=O)(=O)N1CCN(c2ccc(-c3cc4nccnc4c(N4CCC(CO)C4)n3)cc2)CC1. The number of benzene rings is 1. The van der Waals surface area contributed by atoms with Gasteiger partial charge >= 0.3 is 0 Å². The van der Waals surface area contributed by atoms with E-state index < -0.39 is 10.0 Å². The molecule has 0 bridgehead atoms. The van der Waals surface area contributed by atoms with E-state index in [2.05, 4.69) is 31.9 Å². The maximum absolute atomic E-state index is 11.8. The third-order valence-electron chi connectivity index (χ3n) is 6.52. The molecule has 0 saturated carbocycles. The first-order valence-corrected chi connectivity index (χ1v) is 13.1. The van der Waals surface area contributed by atoms with Crippen molar-refractivity contribution in [2.45, 2.75) is 6.42 Å². The van der Waals surface area contributed by atoms with Gasteiger partial charge in [0.25, 0.3) is 0 Å². The van der Waals surface area contributed by atoms with Gasteiger partial charge in [-0.15, -0.1) is 0 Å². The number of anilines is 2. The smallest absolute Gasteiger partial charge is 0.211 e. The van der Waals surface area contributed by atoms with Gasteiger partial charge in [-0.1, -0.05) is 12.1 Å². The minimum Gasteiger partial charge on any atom is -0.396 e. The second kappa shape index (κ2) is 8.85. The summed E-state index contributed by atoms with van der Waals surface area (Å²) in [6, 6.07) is 10.2. The molecule has 10 heteroatoms. The monoisotopic (exact) mass is 468 g/mol. The molecule has 174 valence electrons. The average Bonchev–Trinajstić information content (AvgIpc) is 3.32. The van der Waals surface area contributed by atoms with Gasteiger partial charge in [0, 0.05) is 75.4 Å². The molecule has 2 aliphatic heterocycles. The highest BCUT2D eigenvalue weighted by molar-refractivity contribution is 7.88. The number of sulfonamides is 1. The Kier molecular flexibility index (Phi) is 5.90. The predicted molar refractivity (Wildman–Crippen MR) is 129 cm³/mol. The average molecular weight is 469 g/mol. The number of piperazine rings is 1. The first-order valence-electron chi connectivity index (χ1n) is 11.2. The summed E-state index contributed by atoms with van der Waals surface area (Å²) in [5.74, 6) is 1.07. The molecule has 0 radical (unpaired) electrons. The number of nitrogens with zero attached hydrogens (tertiary/aromatic N) is 6. The van der Waals surface area contributed by atoms with Gasteiger partial charge < -0.3 is 14.9 Å². The molecule has 2 fully saturated rings. The number of hydrogen-bond donors (Lipinski definition) is 1. The molecule has 5 rings (SSSR count). The van der Waals surface area contributed by atoms with Crippen molar-refractivity contribution in [1.82, 2.24) is 19.3 Å². The van der Waals surface area contributed by atoms with Crippen LogP contribution in [0.5, 0.6) is 0 Å². The molecule has 33 heavy (non-hydrogen) atoms. The van der Waals surface area contributed by atoms with Crippen LogP contribution in [-0.4, -0.2) is 84.9 Å². The zero-order chi connectivity index (χ0) is 23.0. The number of pyridine rings is 1. The number of aliphatic hydroxyl groups excluding tert-OH is 1. The topological polar surface area (TPSA) is 103 Å². The van der Waals surface area contributed by atoms with E-state index in [0.717, 1.165) is 53.3 Å². The molecule has 3 aromatic rings. The fraction of sp³-hybridized carbons (Fsp3) is 0.435. The maximum atomic E-state index is 11.8. The Balaban J connectivity index is 1.41. The Morgan fingerprint density at radius 1 is 1.00 bits per heavy atom. The molecule has 2 aromatic heterocycles. The zero-order valence-corrected chi connectivity index (χ0v) is 19.4. The first-order chi connectivity index (χ1) is 15.9. The molecular formula is C23H28N6O3S. The third-order valence-corrected chi connectivity index (χ3v) is 7.82. The zero-order valence-electron chi connectivity index (χ0n) is 18.6.